The van der Waals surface area contributed by atoms with E-state index in [2.05, 4.69) is 15.7 Å². The predicted molar refractivity (Wildman–Crippen MR) is 60.1 cm³/mol. The van der Waals surface area contributed by atoms with E-state index in [9.17, 15) is 8.42 Å². The minimum Gasteiger partial charge on any atom is -0.271 e. The van der Waals surface area contributed by atoms with Crippen LogP contribution in [0.15, 0.2) is 6.20 Å². The van der Waals surface area contributed by atoms with Crippen LogP contribution in [0.4, 0.5) is 0 Å². The number of aromatic nitrogens is 3. The molecule has 1 rings (SSSR count). The Bertz CT molecular complexity index is 427. The van der Waals surface area contributed by atoms with Crippen molar-refractivity contribution in [2.75, 3.05) is 12.0 Å². The van der Waals surface area contributed by atoms with Crippen LogP contribution < -0.4 is 11.3 Å². The summed E-state index contributed by atoms with van der Waals surface area (Å²) in [6.45, 7) is 2.70. The molecular weight excluding hydrogens is 230 g/mol. The zero-order valence-electron chi connectivity index (χ0n) is 9.42. The highest BCUT2D eigenvalue weighted by Crippen LogP contribution is 2.12. The van der Waals surface area contributed by atoms with Crippen molar-refractivity contribution in [2.45, 2.75) is 25.9 Å². The second-order valence-corrected chi connectivity index (χ2v) is 5.88. The molecule has 0 radical (unpaired) electrons. The Morgan fingerprint density at radius 1 is 1.62 bits per heavy atom. The number of sulfone groups is 1. The van der Waals surface area contributed by atoms with E-state index in [0.717, 1.165) is 6.42 Å². The molecule has 0 amide bonds. The van der Waals surface area contributed by atoms with E-state index >= 15 is 0 Å². The van der Waals surface area contributed by atoms with Crippen LogP contribution in [-0.4, -0.2) is 35.4 Å². The van der Waals surface area contributed by atoms with Crippen molar-refractivity contribution in [2.24, 2.45) is 5.84 Å². The summed E-state index contributed by atoms with van der Waals surface area (Å²) < 4.78 is 24.1. The van der Waals surface area contributed by atoms with E-state index in [-0.39, 0.29) is 5.75 Å². The Morgan fingerprint density at radius 2 is 2.31 bits per heavy atom. The molecule has 8 heteroatoms. The fourth-order valence-electron chi connectivity index (χ4n) is 1.44. The van der Waals surface area contributed by atoms with Gasteiger partial charge in [-0.15, -0.1) is 5.10 Å². The van der Waals surface area contributed by atoms with E-state index < -0.39 is 15.9 Å². The van der Waals surface area contributed by atoms with Crippen LogP contribution in [0.5, 0.6) is 0 Å². The molecule has 16 heavy (non-hydrogen) atoms. The van der Waals surface area contributed by atoms with Crippen molar-refractivity contribution in [1.29, 1.82) is 0 Å². The van der Waals surface area contributed by atoms with Crippen LogP contribution in [0.3, 0.4) is 0 Å². The molecule has 0 saturated carbocycles. The zero-order chi connectivity index (χ0) is 12.2. The van der Waals surface area contributed by atoms with Gasteiger partial charge in [-0.3, -0.25) is 11.3 Å². The largest absolute Gasteiger partial charge is 0.271 e. The lowest BCUT2D eigenvalue weighted by atomic mass is 10.2. The molecule has 1 unspecified atom stereocenters. The van der Waals surface area contributed by atoms with Gasteiger partial charge in [0.1, 0.15) is 9.84 Å². The first-order valence-electron chi connectivity index (χ1n) is 5.00. The lowest BCUT2D eigenvalue weighted by molar-refractivity contribution is 0.493. The van der Waals surface area contributed by atoms with Crippen molar-refractivity contribution in [3.8, 4) is 0 Å². The van der Waals surface area contributed by atoms with Crippen molar-refractivity contribution in [3.05, 3.63) is 11.9 Å². The average Bonchev–Trinajstić information content (AvgIpc) is 2.61. The fraction of sp³-hybridized carbons (Fsp3) is 0.750. The van der Waals surface area contributed by atoms with E-state index in [4.69, 9.17) is 5.84 Å². The first kappa shape index (κ1) is 13.1. The second kappa shape index (κ2) is 5.37. The maximum absolute atomic E-state index is 11.2. The predicted octanol–water partition coefficient (Wildman–Crippen LogP) is -0.763. The monoisotopic (exact) mass is 247 g/mol. The zero-order valence-corrected chi connectivity index (χ0v) is 10.2. The number of hydrogen-bond acceptors (Lipinski definition) is 6. The van der Waals surface area contributed by atoms with Gasteiger partial charge in [0.25, 0.3) is 0 Å². The summed E-state index contributed by atoms with van der Waals surface area (Å²) in [7, 11) is -3.10. The number of nitrogens with one attached hydrogen (secondary N) is 1. The van der Waals surface area contributed by atoms with Gasteiger partial charge in [-0.1, -0.05) is 12.1 Å². The summed E-state index contributed by atoms with van der Waals surface area (Å²) in [5.41, 5.74) is 3.17. The number of aryl methyl sites for hydroxylation is 1. The molecule has 0 spiro atoms. The summed E-state index contributed by atoms with van der Waals surface area (Å²) in [6.07, 6.45) is 3.60. The molecule has 0 aliphatic carbocycles. The molecule has 1 heterocycles. The summed E-state index contributed by atoms with van der Waals surface area (Å²) in [4.78, 5) is 0. The Balaban J connectivity index is 2.90. The molecule has 0 fully saturated rings. The van der Waals surface area contributed by atoms with Crippen LogP contribution in [0.25, 0.3) is 0 Å². The van der Waals surface area contributed by atoms with E-state index in [0.29, 0.717) is 12.2 Å². The van der Waals surface area contributed by atoms with Crippen LogP contribution in [-0.2, 0) is 16.4 Å². The Labute approximate surface area is 94.9 Å². The highest BCUT2D eigenvalue weighted by atomic mass is 32.2. The number of hydrogen-bond donors (Lipinski definition) is 2. The van der Waals surface area contributed by atoms with Gasteiger partial charge < -0.3 is 0 Å². The minimum absolute atomic E-state index is 0.0689. The third-order valence-corrected chi connectivity index (χ3v) is 3.05. The van der Waals surface area contributed by atoms with E-state index in [1.807, 2.05) is 6.92 Å². The Hall–Kier alpha value is -0.990. The second-order valence-electron chi connectivity index (χ2n) is 3.69. The molecule has 0 aliphatic rings. The van der Waals surface area contributed by atoms with Gasteiger partial charge in [0.15, 0.2) is 0 Å². The third-order valence-electron chi connectivity index (χ3n) is 2.11. The number of nitrogens with two attached hydrogens (primary N) is 1. The molecule has 0 aromatic carbocycles. The van der Waals surface area contributed by atoms with E-state index in [1.54, 1.807) is 4.68 Å². The van der Waals surface area contributed by atoms with Gasteiger partial charge in [-0.25, -0.2) is 13.1 Å². The van der Waals surface area contributed by atoms with Gasteiger partial charge in [0, 0.05) is 12.8 Å². The van der Waals surface area contributed by atoms with Gasteiger partial charge in [-0.05, 0) is 6.42 Å². The molecular formula is C8H17N5O2S. The summed E-state index contributed by atoms with van der Waals surface area (Å²) >= 11 is 0. The fourth-order valence-corrected chi connectivity index (χ4v) is 2.32. The van der Waals surface area contributed by atoms with Crippen LogP contribution in [0, 0.1) is 0 Å². The van der Waals surface area contributed by atoms with Gasteiger partial charge in [0.05, 0.1) is 23.7 Å². The quantitative estimate of drug-likeness (QED) is 0.506. The topological polar surface area (TPSA) is 103 Å². The standard InChI is InChI=1S/C8H17N5O2S/c1-3-4-13-8(5-10-12-13)7(11-9)6-16(2,14)15/h5,7,11H,3-4,6,9H2,1-2H3. The highest BCUT2D eigenvalue weighted by Gasteiger charge is 2.20. The molecule has 1 aromatic rings. The number of hydrazine groups is 1. The van der Waals surface area contributed by atoms with Crippen molar-refractivity contribution in [3.63, 3.8) is 0 Å². The van der Waals surface area contributed by atoms with Gasteiger partial charge in [0.2, 0.25) is 0 Å². The Morgan fingerprint density at radius 3 is 2.81 bits per heavy atom. The average molecular weight is 247 g/mol. The minimum atomic E-state index is -3.10. The molecule has 1 aromatic heterocycles. The first-order valence-corrected chi connectivity index (χ1v) is 7.06. The maximum atomic E-state index is 11.2. The van der Waals surface area contributed by atoms with Crippen LogP contribution >= 0.6 is 0 Å². The summed E-state index contributed by atoms with van der Waals surface area (Å²) in [5, 5.41) is 7.64. The van der Waals surface area contributed by atoms with Gasteiger partial charge >= 0.3 is 0 Å². The lowest BCUT2D eigenvalue weighted by Gasteiger charge is -2.15. The smallest absolute Gasteiger partial charge is 0.149 e. The molecule has 3 N–H and O–H groups in total. The van der Waals surface area contributed by atoms with E-state index in [1.165, 1.54) is 12.5 Å². The number of rotatable bonds is 6. The summed E-state index contributed by atoms with van der Waals surface area (Å²) in [5.74, 6) is 5.28. The van der Waals surface area contributed by atoms with Crippen molar-refractivity contribution in [1.82, 2.24) is 20.4 Å². The Kier molecular flexibility index (Phi) is 4.39. The van der Waals surface area contributed by atoms with Crippen LogP contribution in [0.1, 0.15) is 25.1 Å². The SMILES string of the molecule is CCCn1nncc1C(CS(C)(=O)=O)NN. The third kappa shape index (κ3) is 3.54. The molecule has 0 bridgehead atoms. The molecule has 0 saturated heterocycles. The molecule has 7 nitrogen and oxygen atoms in total. The molecule has 1 atom stereocenters. The normalized spacial score (nSPS) is 13.9. The van der Waals surface area contributed by atoms with Gasteiger partial charge in [-0.2, -0.15) is 0 Å². The molecule has 0 aliphatic heterocycles. The first-order chi connectivity index (χ1) is 7.48. The highest BCUT2D eigenvalue weighted by molar-refractivity contribution is 7.90. The number of nitrogens with zero attached hydrogens (tertiary/aromatic N) is 3. The van der Waals surface area contributed by atoms with Crippen molar-refractivity contribution >= 4 is 9.84 Å². The summed E-state index contributed by atoms with van der Waals surface area (Å²) in [6, 6.07) is -0.475. The lowest BCUT2D eigenvalue weighted by Crippen LogP contribution is -2.34. The maximum Gasteiger partial charge on any atom is 0.149 e. The van der Waals surface area contributed by atoms with Crippen molar-refractivity contribution < 1.29 is 8.42 Å². The molecule has 92 valence electrons. The van der Waals surface area contributed by atoms with Crippen LogP contribution in [0.2, 0.25) is 0 Å².